The number of amides is 3. The molecule has 6 heteroatoms. The zero-order valence-corrected chi connectivity index (χ0v) is 11.5. The summed E-state index contributed by atoms with van der Waals surface area (Å²) >= 11 is 0. The van der Waals surface area contributed by atoms with E-state index >= 15 is 0 Å². The Morgan fingerprint density at radius 2 is 2.05 bits per heavy atom. The third kappa shape index (κ3) is 4.53. The van der Waals surface area contributed by atoms with Gasteiger partial charge in [-0.3, -0.25) is 9.78 Å². The largest absolute Gasteiger partial charge is 0.343 e. The van der Waals surface area contributed by atoms with Crippen LogP contribution in [0, 0.1) is 0 Å². The van der Waals surface area contributed by atoms with E-state index in [-0.39, 0.29) is 11.9 Å². The van der Waals surface area contributed by atoms with Crippen molar-refractivity contribution in [2.45, 2.75) is 25.8 Å². The van der Waals surface area contributed by atoms with Crippen LogP contribution in [0.5, 0.6) is 0 Å². The van der Waals surface area contributed by atoms with Crippen molar-refractivity contribution < 1.29 is 9.59 Å². The van der Waals surface area contributed by atoms with Gasteiger partial charge in [0.2, 0.25) is 5.91 Å². The van der Waals surface area contributed by atoms with Gasteiger partial charge in [0.05, 0.1) is 0 Å². The summed E-state index contributed by atoms with van der Waals surface area (Å²) in [5.41, 5.74) is 0.941. The maximum absolute atomic E-state index is 11.8. The van der Waals surface area contributed by atoms with Crippen LogP contribution in [0.3, 0.4) is 0 Å². The van der Waals surface area contributed by atoms with Crippen LogP contribution in [0.25, 0.3) is 0 Å². The van der Waals surface area contributed by atoms with Gasteiger partial charge >= 0.3 is 6.03 Å². The molecular formula is C14H20N4O2. The third-order valence-electron chi connectivity index (χ3n) is 3.26. The normalized spacial score (nSPS) is 14.1. The molecule has 1 fully saturated rings. The minimum atomic E-state index is -0.261. The Hall–Kier alpha value is -2.11. The Balaban J connectivity index is 1.59. The van der Waals surface area contributed by atoms with Crippen LogP contribution in [0.1, 0.15) is 24.8 Å². The van der Waals surface area contributed by atoms with Gasteiger partial charge in [0.25, 0.3) is 0 Å². The van der Waals surface area contributed by atoms with E-state index in [1.807, 2.05) is 17.0 Å². The average molecular weight is 276 g/mol. The first-order chi connectivity index (χ1) is 9.75. The molecule has 0 spiro atoms. The topological polar surface area (TPSA) is 74.3 Å². The van der Waals surface area contributed by atoms with Crippen molar-refractivity contribution in [2.75, 3.05) is 19.6 Å². The van der Waals surface area contributed by atoms with Gasteiger partial charge in [0.15, 0.2) is 0 Å². The summed E-state index contributed by atoms with van der Waals surface area (Å²) in [6.07, 6.45) is 5.93. The molecule has 1 aliphatic heterocycles. The highest BCUT2D eigenvalue weighted by Crippen LogP contribution is 2.08. The van der Waals surface area contributed by atoms with E-state index in [9.17, 15) is 9.59 Å². The van der Waals surface area contributed by atoms with Gasteiger partial charge in [-0.15, -0.1) is 0 Å². The number of aromatic nitrogens is 1. The van der Waals surface area contributed by atoms with Crippen LogP contribution >= 0.6 is 0 Å². The van der Waals surface area contributed by atoms with Crippen LogP contribution in [-0.2, 0) is 11.3 Å². The second-order valence-corrected chi connectivity index (χ2v) is 4.81. The standard InChI is InChI=1S/C14H20N4O2/c19-13(18-8-1-2-9-18)5-7-16-14(20)17-11-12-4-3-6-15-10-12/h3-4,6,10H,1-2,5,7-9,11H2,(H2,16,17,20). The number of nitrogens with one attached hydrogen (secondary N) is 2. The molecule has 1 aromatic rings. The molecule has 0 bridgehead atoms. The molecule has 1 saturated heterocycles. The Labute approximate surface area is 118 Å². The fourth-order valence-corrected chi connectivity index (χ4v) is 2.16. The van der Waals surface area contributed by atoms with Crippen molar-refractivity contribution in [2.24, 2.45) is 0 Å². The van der Waals surface area contributed by atoms with Crippen LogP contribution in [0.4, 0.5) is 4.79 Å². The predicted octanol–water partition coefficient (Wildman–Crippen LogP) is 0.893. The first kappa shape index (κ1) is 14.3. The number of rotatable bonds is 5. The first-order valence-corrected chi connectivity index (χ1v) is 6.94. The number of pyridine rings is 1. The van der Waals surface area contributed by atoms with Crippen LogP contribution in [0.15, 0.2) is 24.5 Å². The number of hydrogen-bond donors (Lipinski definition) is 2. The van der Waals surface area contributed by atoms with Gasteiger partial charge in [-0.1, -0.05) is 6.07 Å². The third-order valence-corrected chi connectivity index (χ3v) is 3.26. The molecule has 0 aromatic carbocycles. The fourth-order valence-electron chi connectivity index (χ4n) is 2.16. The number of carbonyl (C=O) groups excluding carboxylic acids is 2. The highest BCUT2D eigenvalue weighted by atomic mass is 16.2. The van der Waals surface area contributed by atoms with Gasteiger partial charge in [0.1, 0.15) is 0 Å². The van der Waals surface area contributed by atoms with Crippen molar-refractivity contribution in [3.8, 4) is 0 Å². The molecule has 108 valence electrons. The zero-order valence-electron chi connectivity index (χ0n) is 11.5. The van der Waals surface area contributed by atoms with Gasteiger partial charge in [-0.2, -0.15) is 0 Å². The molecule has 1 aromatic heterocycles. The summed E-state index contributed by atoms with van der Waals surface area (Å²) in [6, 6.07) is 3.46. The summed E-state index contributed by atoms with van der Waals surface area (Å²) in [5, 5.41) is 5.42. The summed E-state index contributed by atoms with van der Waals surface area (Å²) in [4.78, 5) is 29.1. The number of carbonyl (C=O) groups is 2. The predicted molar refractivity (Wildman–Crippen MR) is 74.9 cm³/mol. The molecule has 0 atom stereocenters. The van der Waals surface area contributed by atoms with E-state index < -0.39 is 0 Å². The van der Waals surface area contributed by atoms with Crippen molar-refractivity contribution in [1.29, 1.82) is 0 Å². The second-order valence-electron chi connectivity index (χ2n) is 4.81. The SMILES string of the molecule is O=C(NCCC(=O)N1CCCC1)NCc1cccnc1. The van der Waals surface area contributed by atoms with Crippen molar-refractivity contribution in [3.05, 3.63) is 30.1 Å². The molecule has 3 amide bonds. The number of hydrogen-bond acceptors (Lipinski definition) is 3. The van der Waals surface area contributed by atoms with Crippen LogP contribution in [-0.4, -0.2) is 41.5 Å². The van der Waals surface area contributed by atoms with Gasteiger partial charge < -0.3 is 15.5 Å². The van der Waals surface area contributed by atoms with Crippen molar-refractivity contribution in [3.63, 3.8) is 0 Å². The van der Waals surface area contributed by atoms with E-state index in [0.29, 0.717) is 19.5 Å². The molecule has 2 heterocycles. The highest BCUT2D eigenvalue weighted by molar-refractivity contribution is 5.78. The lowest BCUT2D eigenvalue weighted by molar-refractivity contribution is -0.129. The fraction of sp³-hybridized carbons (Fsp3) is 0.500. The first-order valence-electron chi connectivity index (χ1n) is 6.94. The smallest absolute Gasteiger partial charge is 0.315 e. The highest BCUT2D eigenvalue weighted by Gasteiger charge is 2.17. The Bertz CT molecular complexity index is 444. The maximum atomic E-state index is 11.8. The molecule has 20 heavy (non-hydrogen) atoms. The summed E-state index contributed by atoms with van der Waals surface area (Å²) in [7, 11) is 0. The van der Waals surface area contributed by atoms with Gasteiger partial charge in [-0.05, 0) is 24.5 Å². The Morgan fingerprint density at radius 3 is 2.75 bits per heavy atom. The van der Waals surface area contributed by atoms with Gasteiger partial charge in [0, 0.05) is 45.0 Å². The molecule has 0 saturated carbocycles. The minimum absolute atomic E-state index is 0.120. The Morgan fingerprint density at radius 1 is 1.25 bits per heavy atom. The summed E-state index contributed by atoms with van der Waals surface area (Å²) in [5.74, 6) is 0.120. The molecule has 0 unspecified atom stereocenters. The average Bonchev–Trinajstić information content (AvgIpc) is 3.00. The van der Waals surface area contributed by atoms with E-state index in [1.54, 1.807) is 12.4 Å². The summed E-state index contributed by atoms with van der Waals surface area (Å²) < 4.78 is 0. The zero-order chi connectivity index (χ0) is 14.2. The summed E-state index contributed by atoms with van der Waals surface area (Å²) in [6.45, 7) is 2.51. The molecule has 6 nitrogen and oxygen atoms in total. The molecular weight excluding hydrogens is 256 g/mol. The van der Waals surface area contributed by atoms with E-state index in [4.69, 9.17) is 0 Å². The van der Waals surface area contributed by atoms with E-state index in [1.165, 1.54) is 0 Å². The van der Waals surface area contributed by atoms with Crippen LogP contribution in [0.2, 0.25) is 0 Å². The van der Waals surface area contributed by atoms with E-state index in [0.717, 1.165) is 31.5 Å². The molecule has 2 rings (SSSR count). The van der Waals surface area contributed by atoms with Crippen molar-refractivity contribution in [1.82, 2.24) is 20.5 Å². The quantitative estimate of drug-likeness (QED) is 0.839. The number of likely N-dealkylation sites (tertiary alicyclic amines) is 1. The Kier molecular flexibility index (Phi) is 5.34. The minimum Gasteiger partial charge on any atom is -0.343 e. The number of nitrogens with zero attached hydrogens (tertiary/aromatic N) is 2. The lowest BCUT2D eigenvalue weighted by Crippen LogP contribution is -2.38. The lowest BCUT2D eigenvalue weighted by Gasteiger charge is -2.15. The van der Waals surface area contributed by atoms with Crippen molar-refractivity contribution >= 4 is 11.9 Å². The number of urea groups is 1. The molecule has 1 aliphatic rings. The monoisotopic (exact) mass is 276 g/mol. The molecule has 2 N–H and O–H groups in total. The lowest BCUT2D eigenvalue weighted by atomic mass is 10.3. The molecule has 0 aliphatic carbocycles. The van der Waals surface area contributed by atoms with E-state index in [2.05, 4.69) is 15.6 Å². The van der Waals surface area contributed by atoms with Gasteiger partial charge in [-0.25, -0.2) is 4.79 Å². The second kappa shape index (κ2) is 7.47. The molecule has 0 radical (unpaired) electrons. The maximum Gasteiger partial charge on any atom is 0.315 e. The van der Waals surface area contributed by atoms with Crippen LogP contribution < -0.4 is 10.6 Å².